The van der Waals surface area contributed by atoms with Crippen molar-refractivity contribution in [1.29, 1.82) is 0 Å². The van der Waals surface area contributed by atoms with Gasteiger partial charge in [0.1, 0.15) is 5.69 Å². The molecule has 0 aliphatic heterocycles. The van der Waals surface area contributed by atoms with E-state index < -0.39 is 0 Å². The Bertz CT molecular complexity index is 2720. The smallest absolute Gasteiger partial charge is 0.182 e. The van der Waals surface area contributed by atoms with Crippen LogP contribution in [0.3, 0.4) is 0 Å². The van der Waals surface area contributed by atoms with Crippen LogP contribution in [0.5, 0.6) is 0 Å². The lowest BCUT2D eigenvalue weighted by atomic mass is 9.93. The van der Waals surface area contributed by atoms with Gasteiger partial charge in [0.2, 0.25) is 0 Å². The number of rotatable bonds is 4. The molecule has 228 valence electrons. The van der Waals surface area contributed by atoms with E-state index in [2.05, 4.69) is 121 Å². The molecule has 2 aromatic heterocycles. The highest BCUT2D eigenvalue weighted by Gasteiger charge is 2.22. The molecule has 0 atom stereocenters. The first-order chi connectivity index (χ1) is 24.3. The van der Waals surface area contributed by atoms with Gasteiger partial charge in [-0.25, -0.2) is 19.9 Å². The van der Waals surface area contributed by atoms with E-state index in [0.717, 1.165) is 28.8 Å². The van der Waals surface area contributed by atoms with Gasteiger partial charge in [-0.2, -0.15) is 0 Å². The Kier molecular flexibility index (Phi) is 6.21. The Hall–Kier alpha value is -6.52. The minimum atomic E-state index is 0.546. The van der Waals surface area contributed by atoms with E-state index in [1.807, 2.05) is 36.4 Å². The Labute approximate surface area is 283 Å². The molecular weight excluding hydrogens is 597 g/mol. The third-order valence-corrected chi connectivity index (χ3v) is 9.77. The molecule has 1 aliphatic carbocycles. The maximum atomic E-state index is 5.20. The number of hydrogen-bond acceptors (Lipinski definition) is 4. The van der Waals surface area contributed by atoms with Crippen LogP contribution in [0.2, 0.25) is 0 Å². The fourth-order valence-electron chi connectivity index (χ4n) is 7.49. The minimum Gasteiger partial charge on any atom is -0.244 e. The van der Waals surface area contributed by atoms with Crippen molar-refractivity contribution in [2.75, 3.05) is 0 Å². The molecule has 0 saturated carbocycles. The zero-order chi connectivity index (χ0) is 32.3. The van der Waals surface area contributed by atoms with Crippen molar-refractivity contribution in [3.8, 4) is 56.7 Å². The molecule has 49 heavy (non-hydrogen) atoms. The zero-order valence-corrected chi connectivity index (χ0v) is 26.5. The molecule has 4 nitrogen and oxygen atoms in total. The van der Waals surface area contributed by atoms with Crippen molar-refractivity contribution in [3.63, 3.8) is 0 Å². The standard InChI is InChI=1S/C45H28N4/c1-2-12-28(13-3-1)43-47-44(30-24-25-37-35-18-7-6-16-33(35)34-17-8-9-19-36(34)39(37)27-30)49-45(48-43)42-23-11-22-41(46-42)38-21-10-20-32-31-15-5-4-14-29(31)26-40(32)38/h1-25,27H,26H2. The summed E-state index contributed by atoms with van der Waals surface area (Å²) in [5.74, 6) is 1.78. The number of nitrogens with zero attached hydrogens (tertiary/aromatic N) is 4. The molecule has 10 rings (SSSR count). The van der Waals surface area contributed by atoms with Crippen molar-refractivity contribution in [1.82, 2.24) is 19.9 Å². The van der Waals surface area contributed by atoms with E-state index in [1.165, 1.54) is 54.6 Å². The Morgan fingerprint density at radius 3 is 1.65 bits per heavy atom. The van der Waals surface area contributed by atoms with Gasteiger partial charge >= 0.3 is 0 Å². The third-order valence-electron chi connectivity index (χ3n) is 9.77. The highest BCUT2D eigenvalue weighted by atomic mass is 15.0. The van der Waals surface area contributed by atoms with Crippen LogP contribution >= 0.6 is 0 Å². The van der Waals surface area contributed by atoms with Crippen LogP contribution in [0.25, 0.3) is 89.0 Å². The molecule has 0 bridgehead atoms. The first-order valence-electron chi connectivity index (χ1n) is 16.6. The predicted octanol–water partition coefficient (Wildman–Crippen LogP) is 11.0. The molecule has 4 heteroatoms. The molecule has 1 aliphatic rings. The van der Waals surface area contributed by atoms with Crippen LogP contribution in [-0.4, -0.2) is 19.9 Å². The summed E-state index contributed by atoms with van der Waals surface area (Å²) in [6.45, 7) is 0. The SMILES string of the molecule is c1ccc(-c2nc(-c3ccc4c5ccccc5c5ccccc5c4c3)nc(-c3cccc(-c4cccc5c4Cc4ccccc4-5)n3)n2)cc1. The molecule has 0 spiro atoms. The second kappa shape index (κ2) is 11.0. The minimum absolute atomic E-state index is 0.546. The number of hydrogen-bond donors (Lipinski definition) is 0. The quantitative estimate of drug-likeness (QED) is 0.183. The topological polar surface area (TPSA) is 51.6 Å². The second-order valence-electron chi connectivity index (χ2n) is 12.6. The van der Waals surface area contributed by atoms with Crippen LogP contribution in [0.4, 0.5) is 0 Å². The van der Waals surface area contributed by atoms with E-state index in [0.29, 0.717) is 23.2 Å². The van der Waals surface area contributed by atoms with Crippen molar-refractivity contribution in [3.05, 3.63) is 169 Å². The average molecular weight is 625 g/mol. The molecular formula is C45H28N4. The summed E-state index contributed by atoms with van der Waals surface area (Å²) in [7, 11) is 0. The Morgan fingerprint density at radius 2 is 0.878 bits per heavy atom. The van der Waals surface area contributed by atoms with Gasteiger partial charge in [-0.05, 0) is 79.2 Å². The van der Waals surface area contributed by atoms with Crippen LogP contribution in [-0.2, 0) is 6.42 Å². The highest BCUT2D eigenvalue weighted by Crippen LogP contribution is 2.41. The fourth-order valence-corrected chi connectivity index (χ4v) is 7.49. The van der Waals surface area contributed by atoms with Gasteiger partial charge in [-0.3, -0.25) is 0 Å². The molecule has 0 radical (unpaired) electrons. The van der Waals surface area contributed by atoms with E-state index in [4.69, 9.17) is 19.9 Å². The normalized spacial score (nSPS) is 12.0. The van der Waals surface area contributed by atoms with Crippen molar-refractivity contribution in [2.45, 2.75) is 6.42 Å². The van der Waals surface area contributed by atoms with E-state index in [1.54, 1.807) is 0 Å². The third kappa shape index (κ3) is 4.53. The van der Waals surface area contributed by atoms with Gasteiger partial charge < -0.3 is 0 Å². The molecule has 9 aromatic rings. The highest BCUT2D eigenvalue weighted by molar-refractivity contribution is 6.25. The summed E-state index contributed by atoms with van der Waals surface area (Å²) in [6.07, 6.45) is 0.896. The van der Waals surface area contributed by atoms with Crippen LogP contribution in [0.1, 0.15) is 11.1 Å². The largest absolute Gasteiger partial charge is 0.244 e. The van der Waals surface area contributed by atoms with Crippen LogP contribution in [0.15, 0.2) is 158 Å². The lowest BCUT2D eigenvalue weighted by Gasteiger charge is -2.13. The number of aromatic nitrogens is 4. The maximum Gasteiger partial charge on any atom is 0.182 e. The fraction of sp³-hybridized carbons (Fsp3) is 0.0222. The Balaban J connectivity index is 1.15. The maximum absolute atomic E-state index is 5.20. The first kappa shape index (κ1) is 27.6. The van der Waals surface area contributed by atoms with Gasteiger partial charge in [0, 0.05) is 16.7 Å². The van der Waals surface area contributed by atoms with E-state index in [-0.39, 0.29) is 0 Å². The molecule has 0 unspecified atom stereocenters. The van der Waals surface area contributed by atoms with E-state index >= 15 is 0 Å². The van der Waals surface area contributed by atoms with Gasteiger partial charge in [-0.15, -0.1) is 0 Å². The van der Waals surface area contributed by atoms with E-state index in [9.17, 15) is 0 Å². The van der Waals surface area contributed by atoms with Gasteiger partial charge in [-0.1, -0.05) is 140 Å². The second-order valence-corrected chi connectivity index (χ2v) is 12.6. The lowest BCUT2D eigenvalue weighted by molar-refractivity contribution is 1.06. The molecule has 0 fully saturated rings. The van der Waals surface area contributed by atoms with Gasteiger partial charge in [0.25, 0.3) is 0 Å². The number of fused-ring (bicyclic) bond motifs is 9. The van der Waals surface area contributed by atoms with Crippen LogP contribution < -0.4 is 0 Å². The zero-order valence-electron chi connectivity index (χ0n) is 26.5. The van der Waals surface area contributed by atoms with Crippen molar-refractivity contribution < 1.29 is 0 Å². The summed E-state index contributed by atoms with van der Waals surface area (Å²) in [4.78, 5) is 20.4. The molecule has 7 aromatic carbocycles. The van der Waals surface area contributed by atoms with Crippen LogP contribution in [0, 0.1) is 0 Å². The van der Waals surface area contributed by atoms with Crippen molar-refractivity contribution >= 4 is 32.3 Å². The summed E-state index contributed by atoms with van der Waals surface area (Å²) in [6, 6.07) is 55.3. The summed E-state index contributed by atoms with van der Waals surface area (Å²) in [5.41, 5.74) is 9.88. The Morgan fingerprint density at radius 1 is 0.327 bits per heavy atom. The van der Waals surface area contributed by atoms with Gasteiger partial charge in [0.15, 0.2) is 17.5 Å². The van der Waals surface area contributed by atoms with Gasteiger partial charge in [0.05, 0.1) is 5.69 Å². The molecule has 0 N–H and O–H groups in total. The predicted molar refractivity (Wildman–Crippen MR) is 200 cm³/mol. The number of benzene rings is 7. The van der Waals surface area contributed by atoms with Crippen molar-refractivity contribution in [2.24, 2.45) is 0 Å². The summed E-state index contributed by atoms with van der Waals surface area (Å²) < 4.78 is 0. The number of pyridine rings is 1. The summed E-state index contributed by atoms with van der Waals surface area (Å²) in [5, 5.41) is 7.33. The average Bonchev–Trinajstić information content (AvgIpc) is 3.57. The molecule has 0 saturated heterocycles. The summed E-state index contributed by atoms with van der Waals surface area (Å²) >= 11 is 0. The monoisotopic (exact) mass is 624 g/mol. The molecule has 0 amide bonds. The lowest BCUT2D eigenvalue weighted by Crippen LogP contribution is -2.02. The first-order valence-corrected chi connectivity index (χ1v) is 16.6. The molecule has 2 heterocycles.